The van der Waals surface area contributed by atoms with E-state index in [0.29, 0.717) is 25.2 Å². The lowest BCUT2D eigenvalue weighted by Gasteiger charge is -2.26. The summed E-state index contributed by atoms with van der Waals surface area (Å²) in [6.45, 7) is 7.14. The van der Waals surface area contributed by atoms with Crippen molar-refractivity contribution < 1.29 is 9.53 Å². The van der Waals surface area contributed by atoms with Crippen LogP contribution in [0.25, 0.3) is 0 Å². The van der Waals surface area contributed by atoms with E-state index in [4.69, 9.17) is 4.74 Å². The lowest BCUT2D eigenvalue weighted by molar-refractivity contribution is -0.00948. The Morgan fingerprint density at radius 1 is 1.42 bits per heavy atom. The molecule has 0 spiro atoms. The number of hydrogen-bond acceptors (Lipinski definition) is 5. The topological polar surface area (TPSA) is 72.3 Å². The van der Waals surface area contributed by atoms with Gasteiger partial charge in [0.15, 0.2) is 5.69 Å². The summed E-state index contributed by atoms with van der Waals surface area (Å²) in [4.78, 5) is 19.2. The molecule has 0 unspecified atom stereocenters. The van der Waals surface area contributed by atoms with Gasteiger partial charge in [-0.1, -0.05) is 0 Å². The third-order valence-electron chi connectivity index (χ3n) is 4.69. The lowest BCUT2D eigenvalue weighted by atomic mass is 9.99. The largest absolute Gasteiger partial charge is 0.376 e. The molecular formula is C19H27N5O2. The molecule has 0 radical (unpaired) electrons. The molecule has 2 aromatic rings. The maximum Gasteiger partial charge on any atom is 0.272 e. The Labute approximate surface area is 154 Å². The summed E-state index contributed by atoms with van der Waals surface area (Å²) in [6, 6.07) is 3.88. The second kappa shape index (κ2) is 7.45. The predicted molar refractivity (Wildman–Crippen MR) is 100 cm³/mol. The second-order valence-corrected chi connectivity index (χ2v) is 6.87. The maximum atomic E-state index is 12.8. The summed E-state index contributed by atoms with van der Waals surface area (Å²) in [5.41, 5.74) is 4.35. The summed E-state index contributed by atoms with van der Waals surface area (Å²) in [5, 5.41) is 7.54. The number of nitrogens with one attached hydrogen (secondary N) is 1. The van der Waals surface area contributed by atoms with Gasteiger partial charge in [-0.3, -0.25) is 14.5 Å². The Bertz CT molecular complexity index is 799. The number of rotatable bonds is 5. The summed E-state index contributed by atoms with van der Waals surface area (Å²) >= 11 is 0. The highest BCUT2D eigenvalue weighted by molar-refractivity contribution is 5.94. The number of nitrogens with zero attached hydrogens (tertiary/aromatic N) is 4. The van der Waals surface area contributed by atoms with Crippen molar-refractivity contribution in [2.24, 2.45) is 0 Å². The highest BCUT2D eigenvalue weighted by Gasteiger charge is 2.31. The summed E-state index contributed by atoms with van der Waals surface area (Å²) < 4.78 is 7.79. The zero-order valence-corrected chi connectivity index (χ0v) is 16.1. The normalized spacial score (nSPS) is 19.1. The van der Waals surface area contributed by atoms with Crippen LogP contribution in [-0.2, 0) is 24.2 Å². The molecular weight excluding hydrogens is 330 g/mol. The number of aromatic nitrogens is 3. The van der Waals surface area contributed by atoms with Gasteiger partial charge in [-0.15, -0.1) is 0 Å². The van der Waals surface area contributed by atoms with Gasteiger partial charge in [-0.2, -0.15) is 5.10 Å². The van der Waals surface area contributed by atoms with E-state index in [1.54, 1.807) is 6.20 Å². The van der Waals surface area contributed by atoms with E-state index < -0.39 is 0 Å². The molecule has 0 saturated carbocycles. The summed E-state index contributed by atoms with van der Waals surface area (Å²) in [6.07, 6.45) is 2.46. The van der Waals surface area contributed by atoms with E-state index in [-0.39, 0.29) is 18.1 Å². The van der Waals surface area contributed by atoms with Crippen LogP contribution in [-0.4, -0.2) is 40.9 Å². The Morgan fingerprint density at radius 2 is 2.19 bits per heavy atom. The third kappa shape index (κ3) is 3.44. The van der Waals surface area contributed by atoms with Gasteiger partial charge < -0.3 is 15.0 Å². The molecule has 2 atom stereocenters. The quantitative estimate of drug-likeness (QED) is 0.889. The van der Waals surface area contributed by atoms with E-state index in [2.05, 4.69) is 15.4 Å². The van der Waals surface area contributed by atoms with Crippen LogP contribution in [0.5, 0.6) is 0 Å². The van der Waals surface area contributed by atoms with Crippen molar-refractivity contribution in [3.05, 3.63) is 41.0 Å². The van der Waals surface area contributed by atoms with Crippen LogP contribution in [0.2, 0.25) is 0 Å². The molecule has 1 aliphatic rings. The van der Waals surface area contributed by atoms with Crippen molar-refractivity contribution in [3.8, 4) is 0 Å². The van der Waals surface area contributed by atoms with Gasteiger partial charge >= 0.3 is 0 Å². The van der Waals surface area contributed by atoms with Crippen molar-refractivity contribution >= 4 is 11.6 Å². The molecule has 0 fully saturated rings. The number of amides is 1. The fraction of sp³-hybridized carbons (Fsp3) is 0.526. The van der Waals surface area contributed by atoms with Crippen molar-refractivity contribution in [1.29, 1.82) is 0 Å². The SMILES string of the molecule is CCn1nc(C(=O)NCc2ncccc2N(C)C)c2c1[C@H](C)O[C@H](C)C2. The number of anilines is 1. The first-order chi connectivity index (χ1) is 12.4. The first-order valence-corrected chi connectivity index (χ1v) is 9.06. The fourth-order valence-electron chi connectivity index (χ4n) is 3.56. The van der Waals surface area contributed by atoms with Crippen molar-refractivity contribution in [2.45, 2.75) is 52.5 Å². The van der Waals surface area contributed by atoms with Crippen LogP contribution < -0.4 is 10.2 Å². The number of carbonyl (C=O) groups excluding carboxylic acids is 1. The minimum atomic E-state index is -0.162. The Balaban J connectivity index is 1.83. The molecule has 1 N–H and O–H groups in total. The fourth-order valence-corrected chi connectivity index (χ4v) is 3.56. The first-order valence-electron chi connectivity index (χ1n) is 9.06. The van der Waals surface area contributed by atoms with Crippen molar-refractivity contribution in [2.75, 3.05) is 19.0 Å². The summed E-state index contributed by atoms with van der Waals surface area (Å²) in [5.74, 6) is -0.162. The minimum Gasteiger partial charge on any atom is -0.376 e. The molecule has 7 nitrogen and oxygen atoms in total. The number of hydrogen-bond donors (Lipinski definition) is 1. The van der Waals surface area contributed by atoms with Gasteiger partial charge in [0.1, 0.15) is 0 Å². The molecule has 0 bridgehead atoms. The van der Waals surface area contributed by atoms with Crippen LogP contribution in [0.15, 0.2) is 18.3 Å². The van der Waals surface area contributed by atoms with Crippen LogP contribution in [0.4, 0.5) is 5.69 Å². The second-order valence-electron chi connectivity index (χ2n) is 6.87. The Morgan fingerprint density at radius 3 is 2.88 bits per heavy atom. The first kappa shape index (κ1) is 18.4. The molecule has 1 amide bonds. The van der Waals surface area contributed by atoms with E-state index >= 15 is 0 Å². The molecule has 7 heteroatoms. The highest BCUT2D eigenvalue weighted by Crippen LogP contribution is 2.32. The average molecular weight is 357 g/mol. The molecule has 2 aromatic heterocycles. The van der Waals surface area contributed by atoms with E-state index in [1.807, 2.05) is 56.6 Å². The molecule has 140 valence electrons. The van der Waals surface area contributed by atoms with Gasteiger partial charge in [-0.05, 0) is 32.9 Å². The predicted octanol–water partition coefficient (Wildman–Crippen LogP) is 2.32. The van der Waals surface area contributed by atoms with Gasteiger partial charge in [0.05, 0.1) is 35.8 Å². The molecule has 0 saturated heterocycles. The minimum absolute atomic E-state index is 0.0566. The lowest BCUT2D eigenvalue weighted by Crippen LogP contribution is -2.28. The smallest absolute Gasteiger partial charge is 0.272 e. The molecule has 26 heavy (non-hydrogen) atoms. The van der Waals surface area contributed by atoms with E-state index in [0.717, 1.165) is 22.6 Å². The Kier molecular flexibility index (Phi) is 5.27. The molecule has 1 aliphatic heterocycles. The van der Waals surface area contributed by atoms with Crippen molar-refractivity contribution in [3.63, 3.8) is 0 Å². The average Bonchev–Trinajstić information content (AvgIpc) is 2.98. The van der Waals surface area contributed by atoms with Crippen LogP contribution in [0.1, 0.15) is 54.3 Å². The summed E-state index contributed by atoms with van der Waals surface area (Å²) in [7, 11) is 3.93. The number of aryl methyl sites for hydroxylation is 1. The Hall–Kier alpha value is -2.41. The third-order valence-corrected chi connectivity index (χ3v) is 4.69. The maximum absolute atomic E-state index is 12.8. The van der Waals surface area contributed by atoms with Gasteiger partial charge in [-0.25, -0.2) is 0 Å². The van der Waals surface area contributed by atoms with Gasteiger partial charge in [0.2, 0.25) is 0 Å². The van der Waals surface area contributed by atoms with Gasteiger partial charge in [0.25, 0.3) is 5.91 Å². The molecule has 3 rings (SSSR count). The zero-order chi connectivity index (χ0) is 18.8. The highest BCUT2D eigenvalue weighted by atomic mass is 16.5. The van der Waals surface area contributed by atoms with Crippen LogP contribution in [0, 0.1) is 0 Å². The standard InChI is InChI=1S/C19H27N5O2/c1-6-24-18-13(3)26-12(2)10-14(18)17(22-24)19(25)21-11-15-16(23(4)5)8-7-9-20-15/h7-9,12-13H,6,10-11H2,1-5H3,(H,21,25)/t12-,13+/m1/s1. The monoisotopic (exact) mass is 357 g/mol. The molecule has 0 aliphatic carbocycles. The van der Waals surface area contributed by atoms with Gasteiger partial charge in [0, 0.05) is 38.8 Å². The van der Waals surface area contributed by atoms with Crippen LogP contribution in [0.3, 0.4) is 0 Å². The van der Waals surface area contributed by atoms with Crippen molar-refractivity contribution in [1.82, 2.24) is 20.1 Å². The van der Waals surface area contributed by atoms with Crippen LogP contribution >= 0.6 is 0 Å². The molecule has 3 heterocycles. The number of carbonyl (C=O) groups is 1. The van der Waals surface area contributed by atoms with E-state index in [9.17, 15) is 4.79 Å². The zero-order valence-electron chi connectivity index (χ0n) is 16.1. The number of pyridine rings is 1. The van der Waals surface area contributed by atoms with E-state index in [1.165, 1.54) is 0 Å². The molecule has 0 aromatic carbocycles. The number of ether oxygens (including phenoxy) is 1. The number of fused-ring (bicyclic) bond motifs is 1.